The second-order valence-electron chi connectivity index (χ2n) is 6.29. The Labute approximate surface area is 147 Å². The van der Waals surface area contributed by atoms with Crippen LogP contribution >= 0.6 is 11.6 Å². The number of nitrogens with one attached hydrogen (secondary N) is 1. The number of nitrogens with zero attached hydrogens (tertiary/aromatic N) is 3. The zero-order valence-electron chi connectivity index (χ0n) is 13.9. The molecular formula is C18H21ClN4O. The number of halogens is 1. The quantitative estimate of drug-likeness (QED) is 0.916. The number of hydrogen-bond acceptors (Lipinski definition) is 4. The molecule has 0 aliphatic carbocycles. The number of anilines is 2. The van der Waals surface area contributed by atoms with Crippen LogP contribution in [0.1, 0.15) is 36.1 Å². The average Bonchev–Trinajstić information content (AvgIpc) is 2.55. The molecule has 3 rings (SSSR count). The molecule has 0 atom stereocenters. The summed E-state index contributed by atoms with van der Waals surface area (Å²) in [6.07, 6.45) is 2.29. The molecule has 0 saturated carbocycles. The molecule has 1 aromatic carbocycles. The Hall–Kier alpha value is -2.14. The van der Waals surface area contributed by atoms with Gasteiger partial charge in [-0.25, -0.2) is 9.97 Å². The molecule has 1 fully saturated rings. The minimum Gasteiger partial charge on any atom is -0.356 e. The molecule has 1 amide bonds. The molecule has 0 unspecified atom stereocenters. The van der Waals surface area contributed by atoms with Crippen LogP contribution in [0.3, 0.4) is 0 Å². The maximum absolute atomic E-state index is 12.5. The minimum absolute atomic E-state index is 0.255. The molecule has 2 aromatic rings. The normalized spacial score (nSPS) is 15.4. The molecule has 1 saturated heterocycles. The number of amides is 1. The second-order valence-corrected chi connectivity index (χ2v) is 6.73. The fraction of sp³-hybridized carbons (Fsp3) is 0.389. The number of hydrogen-bond donors (Lipinski definition) is 1. The van der Waals surface area contributed by atoms with Crippen molar-refractivity contribution in [1.82, 2.24) is 9.97 Å². The number of carbonyl (C=O) groups excluding carboxylic acids is 1. The molecule has 5 nitrogen and oxygen atoms in total. The van der Waals surface area contributed by atoms with E-state index in [1.54, 1.807) is 30.3 Å². The van der Waals surface area contributed by atoms with Gasteiger partial charge in [0.15, 0.2) is 0 Å². The fourth-order valence-electron chi connectivity index (χ4n) is 2.83. The molecule has 24 heavy (non-hydrogen) atoms. The van der Waals surface area contributed by atoms with Crippen LogP contribution < -0.4 is 10.2 Å². The average molecular weight is 345 g/mol. The Morgan fingerprint density at radius 1 is 1.25 bits per heavy atom. The van der Waals surface area contributed by atoms with Crippen molar-refractivity contribution in [2.24, 2.45) is 5.92 Å². The zero-order chi connectivity index (χ0) is 17.1. The van der Waals surface area contributed by atoms with Gasteiger partial charge in [-0.3, -0.25) is 4.79 Å². The summed E-state index contributed by atoms with van der Waals surface area (Å²) in [6.45, 7) is 6.01. The van der Waals surface area contributed by atoms with Gasteiger partial charge in [-0.15, -0.1) is 0 Å². The van der Waals surface area contributed by atoms with Crippen molar-refractivity contribution in [3.05, 3.63) is 46.9 Å². The van der Waals surface area contributed by atoms with Gasteiger partial charge in [-0.2, -0.15) is 0 Å². The van der Waals surface area contributed by atoms with Crippen molar-refractivity contribution in [3.63, 3.8) is 0 Å². The van der Waals surface area contributed by atoms with Crippen LogP contribution in [0.15, 0.2) is 30.3 Å². The van der Waals surface area contributed by atoms with Crippen LogP contribution in [-0.2, 0) is 0 Å². The van der Waals surface area contributed by atoms with Crippen molar-refractivity contribution < 1.29 is 4.79 Å². The lowest BCUT2D eigenvalue weighted by molar-refractivity contribution is 0.102. The molecule has 1 N–H and O–H groups in total. The van der Waals surface area contributed by atoms with Gasteiger partial charge in [-0.1, -0.05) is 24.6 Å². The Kier molecular flexibility index (Phi) is 5.00. The molecule has 126 valence electrons. The first-order valence-corrected chi connectivity index (χ1v) is 8.56. The molecule has 1 aliphatic rings. The van der Waals surface area contributed by atoms with Crippen LogP contribution in [0.25, 0.3) is 0 Å². The van der Waals surface area contributed by atoms with Crippen LogP contribution in [0.2, 0.25) is 5.02 Å². The largest absolute Gasteiger partial charge is 0.356 e. The van der Waals surface area contributed by atoms with Crippen molar-refractivity contribution >= 4 is 29.0 Å². The van der Waals surface area contributed by atoms with E-state index in [0.717, 1.165) is 37.7 Å². The Morgan fingerprint density at radius 3 is 2.71 bits per heavy atom. The number of piperidine rings is 1. The molecule has 1 aliphatic heterocycles. The van der Waals surface area contributed by atoms with Crippen molar-refractivity contribution in [2.45, 2.75) is 26.7 Å². The first-order valence-electron chi connectivity index (χ1n) is 8.19. The maximum atomic E-state index is 12.5. The topological polar surface area (TPSA) is 58.1 Å². The summed E-state index contributed by atoms with van der Waals surface area (Å²) < 4.78 is 0. The van der Waals surface area contributed by atoms with Gasteiger partial charge >= 0.3 is 0 Å². The number of aryl methyl sites for hydroxylation is 1. The highest BCUT2D eigenvalue weighted by molar-refractivity contribution is 6.30. The molecule has 0 radical (unpaired) electrons. The Balaban J connectivity index is 1.79. The van der Waals surface area contributed by atoms with Gasteiger partial charge in [0.25, 0.3) is 5.91 Å². The van der Waals surface area contributed by atoms with E-state index < -0.39 is 0 Å². The van der Waals surface area contributed by atoms with Crippen LogP contribution in [0.4, 0.5) is 11.5 Å². The lowest BCUT2D eigenvalue weighted by Gasteiger charge is -2.31. The molecule has 0 spiro atoms. The molecule has 2 heterocycles. The predicted octanol–water partition coefficient (Wildman–Crippen LogP) is 3.93. The summed E-state index contributed by atoms with van der Waals surface area (Å²) in [7, 11) is 0. The van der Waals surface area contributed by atoms with E-state index in [9.17, 15) is 4.79 Å². The van der Waals surface area contributed by atoms with E-state index >= 15 is 0 Å². The summed E-state index contributed by atoms with van der Waals surface area (Å²) in [5, 5.41) is 3.41. The fourth-order valence-corrected chi connectivity index (χ4v) is 3.02. The number of aromatic nitrogens is 2. The summed E-state index contributed by atoms with van der Waals surface area (Å²) in [4.78, 5) is 23.5. The molecule has 1 aromatic heterocycles. The van der Waals surface area contributed by atoms with Gasteiger partial charge in [0.2, 0.25) is 0 Å². The van der Waals surface area contributed by atoms with E-state index in [-0.39, 0.29) is 5.91 Å². The lowest BCUT2D eigenvalue weighted by atomic mass is 9.99. The maximum Gasteiger partial charge on any atom is 0.274 e. The summed E-state index contributed by atoms with van der Waals surface area (Å²) in [5.41, 5.74) is 1.02. The number of rotatable bonds is 3. The summed E-state index contributed by atoms with van der Waals surface area (Å²) >= 11 is 5.95. The SMILES string of the molecule is Cc1nc(C(=O)Nc2cccc(Cl)c2)cc(N2CCC(C)CC2)n1. The van der Waals surface area contributed by atoms with E-state index in [0.29, 0.717) is 22.2 Å². The highest BCUT2D eigenvalue weighted by Crippen LogP contribution is 2.22. The summed E-state index contributed by atoms with van der Waals surface area (Å²) in [6, 6.07) is 8.83. The van der Waals surface area contributed by atoms with E-state index in [1.807, 2.05) is 6.92 Å². The van der Waals surface area contributed by atoms with Crippen LogP contribution in [0, 0.1) is 12.8 Å². The molecule has 6 heteroatoms. The van der Waals surface area contributed by atoms with Crippen molar-refractivity contribution in [3.8, 4) is 0 Å². The molecular weight excluding hydrogens is 324 g/mol. The standard InChI is InChI=1S/C18H21ClN4O/c1-12-6-8-23(9-7-12)17-11-16(20-13(2)21-17)18(24)22-15-5-3-4-14(19)10-15/h3-5,10-12H,6-9H2,1-2H3,(H,22,24). The van der Waals surface area contributed by atoms with Gasteiger partial charge in [0.1, 0.15) is 17.3 Å². The first-order chi connectivity index (χ1) is 11.5. The Bertz CT molecular complexity index is 742. The highest BCUT2D eigenvalue weighted by Gasteiger charge is 2.19. The van der Waals surface area contributed by atoms with Gasteiger partial charge in [-0.05, 0) is 43.9 Å². The summed E-state index contributed by atoms with van der Waals surface area (Å²) in [5.74, 6) is 1.91. The monoisotopic (exact) mass is 344 g/mol. The van der Waals surface area contributed by atoms with Crippen molar-refractivity contribution in [1.29, 1.82) is 0 Å². The second kappa shape index (κ2) is 7.18. The van der Waals surface area contributed by atoms with Gasteiger partial charge in [0, 0.05) is 29.9 Å². The third-order valence-corrected chi connectivity index (χ3v) is 4.48. The van der Waals surface area contributed by atoms with Crippen LogP contribution in [-0.4, -0.2) is 29.0 Å². The van der Waals surface area contributed by atoms with Gasteiger partial charge < -0.3 is 10.2 Å². The van der Waals surface area contributed by atoms with Gasteiger partial charge in [0.05, 0.1) is 0 Å². The predicted molar refractivity (Wildman–Crippen MR) is 96.8 cm³/mol. The van der Waals surface area contributed by atoms with Crippen molar-refractivity contribution in [2.75, 3.05) is 23.3 Å². The Morgan fingerprint density at radius 2 is 2.00 bits per heavy atom. The van der Waals surface area contributed by atoms with E-state index in [1.165, 1.54) is 0 Å². The third kappa shape index (κ3) is 4.03. The number of benzene rings is 1. The highest BCUT2D eigenvalue weighted by atomic mass is 35.5. The molecule has 0 bridgehead atoms. The van der Waals surface area contributed by atoms with Crippen LogP contribution in [0.5, 0.6) is 0 Å². The number of carbonyl (C=O) groups is 1. The van der Waals surface area contributed by atoms with E-state index in [4.69, 9.17) is 11.6 Å². The first kappa shape index (κ1) is 16.7. The third-order valence-electron chi connectivity index (χ3n) is 4.25. The minimum atomic E-state index is -0.255. The lowest BCUT2D eigenvalue weighted by Crippen LogP contribution is -2.34. The van der Waals surface area contributed by atoms with E-state index in [2.05, 4.69) is 27.1 Å². The zero-order valence-corrected chi connectivity index (χ0v) is 14.7. The smallest absolute Gasteiger partial charge is 0.274 e.